The van der Waals surface area contributed by atoms with Gasteiger partial charge in [0.05, 0.1) is 7.11 Å². The van der Waals surface area contributed by atoms with Crippen molar-refractivity contribution in [2.75, 3.05) is 7.11 Å². The maximum Gasteiger partial charge on any atom is 0.243 e. The highest BCUT2D eigenvalue weighted by Crippen LogP contribution is 2.23. The standard InChI is InChI=1S/C19H17FN2O4S/c1-25-15-6-8-16(9-7-15)26-19-12-14(10-11-21-19)13-22-27(23,24)18-5-3-2-4-17(18)20/h2-12,22H,13H2,1H3. The van der Waals surface area contributed by atoms with Crippen LogP contribution in [0.1, 0.15) is 5.56 Å². The van der Waals surface area contributed by atoms with Crippen LogP contribution >= 0.6 is 0 Å². The number of methoxy groups -OCH3 is 1. The zero-order chi connectivity index (χ0) is 19.3. The van der Waals surface area contributed by atoms with E-state index in [4.69, 9.17) is 9.47 Å². The van der Waals surface area contributed by atoms with E-state index in [0.717, 1.165) is 6.07 Å². The Morgan fingerprint density at radius 3 is 2.44 bits per heavy atom. The van der Waals surface area contributed by atoms with E-state index in [1.54, 1.807) is 43.5 Å². The summed E-state index contributed by atoms with van der Waals surface area (Å²) in [6, 6.07) is 15.4. The number of pyridine rings is 1. The zero-order valence-electron chi connectivity index (χ0n) is 14.4. The summed E-state index contributed by atoms with van der Waals surface area (Å²) in [7, 11) is -2.40. The monoisotopic (exact) mass is 388 g/mol. The Morgan fingerprint density at radius 1 is 1.04 bits per heavy atom. The molecule has 3 rings (SSSR count). The summed E-state index contributed by atoms with van der Waals surface area (Å²) in [4.78, 5) is 3.71. The molecular formula is C19H17FN2O4S. The summed E-state index contributed by atoms with van der Waals surface area (Å²) in [6.45, 7) is -0.0296. The minimum atomic E-state index is -3.97. The molecular weight excluding hydrogens is 371 g/mol. The molecule has 0 amide bonds. The van der Waals surface area contributed by atoms with Crippen molar-refractivity contribution in [3.05, 3.63) is 78.2 Å². The van der Waals surface area contributed by atoms with Crippen molar-refractivity contribution in [3.8, 4) is 17.4 Å². The lowest BCUT2D eigenvalue weighted by molar-refractivity contribution is 0.412. The molecule has 0 saturated carbocycles. The van der Waals surface area contributed by atoms with Gasteiger partial charge >= 0.3 is 0 Å². The van der Waals surface area contributed by atoms with E-state index in [2.05, 4.69) is 9.71 Å². The number of sulfonamides is 1. The summed E-state index contributed by atoms with van der Waals surface area (Å²) in [5.74, 6) is 0.769. The van der Waals surface area contributed by atoms with Crippen LogP contribution in [-0.2, 0) is 16.6 Å². The molecule has 0 saturated heterocycles. The number of hydrogen-bond donors (Lipinski definition) is 1. The highest BCUT2D eigenvalue weighted by Gasteiger charge is 2.18. The van der Waals surface area contributed by atoms with Crippen molar-refractivity contribution in [2.24, 2.45) is 0 Å². The molecule has 27 heavy (non-hydrogen) atoms. The molecule has 0 spiro atoms. The molecule has 8 heteroatoms. The van der Waals surface area contributed by atoms with Gasteiger partial charge in [-0.25, -0.2) is 22.5 Å². The quantitative estimate of drug-likeness (QED) is 0.670. The molecule has 1 N–H and O–H groups in total. The highest BCUT2D eigenvalue weighted by molar-refractivity contribution is 7.89. The third kappa shape index (κ3) is 4.81. The average molecular weight is 388 g/mol. The molecule has 1 aromatic heterocycles. The lowest BCUT2D eigenvalue weighted by Gasteiger charge is -2.09. The summed E-state index contributed by atoms with van der Waals surface area (Å²) >= 11 is 0. The SMILES string of the molecule is COc1ccc(Oc2cc(CNS(=O)(=O)c3ccccc3F)ccn2)cc1. The summed E-state index contributed by atoms with van der Waals surface area (Å²) in [5.41, 5.74) is 0.619. The van der Waals surface area contributed by atoms with Gasteiger partial charge in [-0.3, -0.25) is 0 Å². The molecule has 0 radical (unpaired) electrons. The van der Waals surface area contributed by atoms with Crippen LogP contribution in [0.25, 0.3) is 0 Å². The van der Waals surface area contributed by atoms with Gasteiger partial charge < -0.3 is 9.47 Å². The second kappa shape index (κ2) is 8.15. The molecule has 0 atom stereocenters. The molecule has 140 valence electrons. The number of aromatic nitrogens is 1. The fraction of sp³-hybridized carbons (Fsp3) is 0.105. The molecule has 2 aromatic carbocycles. The first-order valence-corrected chi connectivity index (χ1v) is 9.47. The van der Waals surface area contributed by atoms with Crippen LogP contribution in [0.3, 0.4) is 0 Å². The predicted octanol–water partition coefficient (Wildman–Crippen LogP) is 3.50. The summed E-state index contributed by atoms with van der Waals surface area (Å²) in [5, 5.41) is 0. The number of hydrogen-bond acceptors (Lipinski definition) is 5. The summed E-state index contributed by atoms with van der Waals surface area (Å²) < 4.78 is 51.3. The molecule has 0 aliphatic carbocycles. The van der Waals surface area contributed by atoms with Crippen LogP contribution in [0.4, 0.5) is 4.39 Å². The fourth-order valence-electron chi connectivity index (χ4n) is 2.30. The maximum atomic E-state index is 13.7. The molecule has 0 aliphatic rings. The molecule has 0 aliphatic heterocycles. The topological polar surface area (TPSA) is 77.5 Å². The molecule has 0 fully saturated rings. The van der Waals surface area contributed by atoms with Gasteiger partial charge in [-0.15, -0.1) is 0 Å². The first kappa shape index (κ1) is 18.8. The average Bonchev–Trinajstić information content (AvgIpc) is 2.68. The highest BCUT2D eigenvalue weighted by atomic mass is 32.2. The third-order valence-corrected chi connectivity index (χ3v) is 5.11. The van der Waals surface area contributed by atoms with Crippen molar-refractivity contribution in [1.82, 2.24) is 9.71 Å². The van der Waals surface area contributed by atoms with Crippen LogP contribution < -0.4 is 14.2 Å². The third-order valence-electron chi connectivity index (χ3n) is 3.67. The molecule has 0 bridgehead atoms. The molecule has 6 nitrogen and oxygen atoms in total. The Kier molecular flexibility index (Phi) is 5.68. The van der Waals surface area contributed by atoms with Gasteiger partial charge in [0.25, 0.3) is 0 Å². The second-order valence-corrected chi connectivity index (χ2v) is 7.27. The van der Waals surface area contributed by atoms with Crippen LogP contribution in [0, 0.1) is 5.82 Å². The van der Waals surface area contributed by atoms with Crippen molar-refractivity contribution in [2.45, 2.75) is 11.4 Å². The zero-order valence-corrected chi connectivity index (χ0v) is 15.2. The smallest absolute Gasteiger partial charge is 0.243 e. The number of nitrogens with zero attached hydrogens (tertiary/aromatic N) is 1. The molecule has 0 unspecified atom stereocenters. The van der Waals surface area contributed by atoms with Crippen molar-refractivity contribution < 1.29 is 22.3 Å². The predicted molar refractivity (Wildman–Crippen MR) is 97.7 cm³/mol. The number of ether oxygens (including phenoxy) is 2. The number of nitrogens with one attached hydrogen (secondary N) is 1. The van der Waals surface area contributed by atoms with Crippen molar-refractivity contribution >= 4 is 10.0 Å². The number of benzene rings is 2. The van der Waals surface area contributed by atoms with Crippen molar-refractivity contribution in [1.29, 1.82) is 0 Å². The van der Waals surface area contributed by atoms with E-state index in [9.17, 15) is 12.8 Å². The van der Waals surface area contributed by atoms with E-state index in [1.807, 2.05) is 0 Å². The normalized spacial score (nSPS) is 11.2. The lowest BCUT2D eigenvalue weighted by atomic mass is 10.3. The van der Waals surface area contributed by atoms with Crippen LogP contribution in [0.2, 0.25) is 0 Å². The van der Waals surface area contributed by atoms with E-state index >= 15 is 0 Å². The van der Waals surface area contributed by atoms with Gasteiger partial charge in [-0.2, -0.15) is 0 Å². The maximum absolute atomic E-state index is 13.7. The van der Waals surface area contributed by atoms with Gasteiger partial charge in [0, 0.05) is 18.8 Å². The first-order valence-electron chi connectivity index (χ1n) is 7.99. The Hall–Kier alpha value is -2.97. The number of halogens is 1. The van der Waals surface area contributed by atoms with Crippen molar-refractivity contribution in [3.63, 3.8) is 0 Å². The van der Waals surface area contributed by atoms with Crippen LogP contribution in [-0.4, -0.2) is 20.5 Å². The van der Waals surface area contributed by atoms with Gasteiger partial charge in [-0.1, -0.05) is 12.1 Å². The molecule has 3 aromatic rings. The van der Waals surface area contributed by atoms with E-state index in [-0.39, 0.29) is 6.54 Å². The Labute approximate surface area is 156 Å². The van der Waals surface area contributed by atoms with E-state index < -0.39 is 20.7 Å². The van der Waals surface area contributed by atoms with Crippen LogP contribution in [0.15, 0.2) is 71.8 Å². The molecule has 1 heterocycles. The van der Waals surface area contributed by atoms with Gasteiger partial charge in [0.15, 0.2) is 0 Å². The minimum Gasteiger partial charge on any atom is -0.497 e. The summed E-state index contributed by atoms with van der Waals surface area (Å²) in [6.07, 6.45) is 1.51. The second-order valence-electron chi connectivity index (χ2n) is 5.53. The number of rotatable bonds is 7. The lowest BCUT2D eigenvalue weighted by Crippen LogP contribution is -2.24. The van der Waals surface area contributed by atoms with E-state index in [1.165, 1.54) is 24.4 Å². The minimum absolute atomic E-state index is 0.0296. The Balaban J connectivity index is 1.69. The largest absolute Gasteiger partial charge is 0.497 e. The van der Waals surface area contributed by atoms with E-state index in [0.29, 0.717) is 22.9 Å². The Bertz CT molecular complexity index is 1020. The van der Waals surface area contributed by atoms with Gasteiger partial charge in [0.2, 0.25) is 15.9 Å². The van der Waals surface area contributed by atoms with Gasteiger partial charge in [-0.05, 0) is 48.0 Å². The first-order chi connectivity index (χ1) is 13.0. The van der Waals surface area contributed by atoms with Gasteiger partial charge in [0.1, 0.15) is 22.2 Å². The Morgan fingerprint density at radius 2 is 1.74 bits per heavy atom. The fourth-order valence-corrected chi connectivity index (χ4v) is 3.39. The van der Waals surface area contributed by atoms with Crippen LogP contribution in [0.5, 0.6) is 17.4 Å².